The molecule has 0 saturated carbocycles. The Balaban J connectivity index is 1.39. The molecule has 6 heteroatoms. The predicted molar refractivity (Wildman–Crippen MR) is 121 cm³/mol. The molecule has 0 unspecified atom stereocenters. The van der Waals surface area contributed by atoms with Gasteiger partial charge in [0.1, 0.15) is 5.82 Å². The summed E-state index contributed by atoms with van der Waals surface area (Å²) in [5.74, 6) is 1.04. The zero-order valence-corrected chi connectivity index (χ0v) is 17.9. The van der Waals surface area contributed by atoms with Crippen LogP contribution in [-0.2, 0) is 0 Å². The maximum Gasteiger partial charge on any atom is 0.165 e. The van der Waals surface area contributed by atoms with Gasteiger partial charge in [-0.1, -0.05) is 18.2 Å². The first-order valence-corrected chi connectivity index (χ1v) is 11.9. The molecule has 1 saturated heterocycles. The van der Waals surface area contributed by atoms with Gasteiger partial charge in [-0.05, 0) is 61.7 Å². The van der Waals surface area contributed by atoms with Crippen LogP contribution in [0, 0.1) is 5.82 Å². The van der Waals surface area contributed by atoms with Gasteiger partial charge in [-0.2, -0.15) is 0 Å². The second-order valence-corrected chi connectivity index (χ2v) is 9.77. The molecule has 0 spiro atoms. The minimum Gasteiger partial charge on any atom is -0.396 e. The van der Waals surface area contributed by atoms with Gasteiger partial charge in [-0.25, -0.2) is 4.39 Å². The van der Waals surface area contributed by atoms with E-state index in [0.29, 0.717) is 17.9 Å². The van der Waals surface area contributed by atoms with Gasteiger partial charge in [-0.15, -0.1) is 11.8 Å². The summed E-state index contributed by atoms with van der Waals surface area (Å²) >= 11 is 1.97. The van der Waals surface area contributed by atoms with Crippen molar-refractivity contribution in [2.45, 2.75) is 48.5 Å². The number of nitrogens with one attached hydrogen (secondary N) is 1. The van der Waals surface area contributed by atoms with Crippen molar-refractivity contribution in [3.63, 3.8) is 0 Å². The number of piperidine rings is 1. The van der Waals surface area contributed by atoms with Gasteiger partial charge in [0.2, 0.25) is 0 Å². The van der Waals surface area contributed by atoms with E-state index >= 15 is 0 Å². The first kappa shape index (κ1) is 19.9. The lowest BCUT2D eigenvalue weighted by Gasteiger charge is -2.47. The van der Waals surface area contributed by atoms with Crippen molar-refractivity contribution < 1.29 is 9.18 Å². The number of Topliss-reactive ketones (excluding diaryl/α,β-unsaturated/α-hetero) is 1. The number of hydrogen-bond donors (Lipinski definition) is 2. The van der Waals surface area contributed by atoms with Gasteiger partial charge in [0.05, 0.1) is 11.4 Å². The van der Waals surface area contributed by atoms with Crippen LogP contribution in [0.15, 0.2) is 41.3 Å². The third-order valence-corrected chi connectivity index (χ3v) is 8.23. The number of carbonyl (C=O) groups excluding carboxylic acids is 1. The minimum absolute atomic E-state index is 0.0251. The quantitative estimate of drug-likeness (QED) is 0.542. The summed E-state index contributed by atoms with van der Waals surface area (Å²) in [6.45, 7) is 3.08. The Morgan fingerprint density at radius 3 is 3.07 bits per heavy atom. The normalized spacial score (nSPS) is 24.8. The van der Waals surface area contributed by atoms with E-state index in [-0.39, 0.29) is 17.0 Å². The van der Waals surface area contributed by atoms with Crippen molar-refractivity contribution >= 4 is 28.9 Å². The standard InChI is InChI=1S/C24H28FN3OS/c25-19-7-1-6-17(22(19)26)20(29)8-3-10-24-11-12-27-15-18(24)16-5-2-9-21-23(16)28(24)13-4-14-30-21/h1-2,5-7,9,18,27H,3-4,8,10-15,26H2/t18-,24-/m0/s1. The fourth-order valence-electron chi connectivity index (χ4n) is 5.73. The van der Waals surface area contributed by atoms with Crippen LogP contribution in [0.4, 0.5) is 15.8 Å². The number of nitrogens with two attached hydrogens (primary N) is 1. The molecule has 4 nitrogen and oxygen atoms in total. The van der Waals surface area contributed by atoms with Crippen molar-refractivity contribution in [1.82, 2.24) is 5.32 Å². The van der Waals surface area contributed by atoms with Crippen molar-refractivity contribution in [3.05, 3.63) is 53.3 Å². The molecular weight excluding hydrogens is 397 g/mol. The molecule has 0 amide bonds. The molecule has 0 aromatic heterocycles. The van der Waals surface area contributed by atoms with Gasteiger partial charge in [0, 0.05) is 41.4 Å². The van der Waals surface area contributed by atoms with Crippen LogP contribution in [0.1, 0.15) is 53.9 Å². The lowest BCUT2D eigenvalue weighted by molar-refractivity contribution is 0.0975. The molecule has 1 fully saturated rings. The molecule has 3 heterocycles. The van der Waals surface area contributed by atoms with E-state index in [4.69, 9.17) is 5.73 Å². The van der Waals surface area contributed by atoms with Gasteiger partial charge < -0.3 is 16.0 Å². The third-order valence-electron chi connectivity index (χ3n) is 7.10. The fraction of sp³-hybridized carbons (Fsp3) is 0.458. The monoisotopic (exact) mass is 425 g/mol. The largest absolute Gasteiger partial charge is 0.396 e. The number of ketones is 1. The topological polar surface area (TPSA) is 58.4 Å². The molecule has 5 rings (SSSR count). The van der Waals surface area contributed by atoms with Gasteiger partial charge in [0.25, 0.3) is 0 Å². The highest BCUT2D eigenvalue weighted by Crippen LogP contribution is 2.56. The Morgan fingerprint density at radius 2 is 2.17 bits per heavy atom. The Kier molecular flexibility index (Phi) is 5.23. The van der Waals surface area contributed by atoms with Crippen LogP contribution in [0.3, 0.4) is 0 Å². The van der Waals surface area contributed by atoms with E-state index in [2.05, 4.69) is 28.4 Å². The summed E-state index contributed by atoms with van der Waals surface area (Å²) < 4.78 is 13.8. The van der Waals surface area contributed by atoms with Gasteiger partial charge >= 0.3 is 0 Å². The number of nitrogens with zero attached hydrogens (tertiary/aromatic N) is 1. The maximum absolute atomic E-state index is 13.8. The number of rotatable bonds is 5. The van der Waals surface area contributed by atoms with Crippen LogP contribution < -0.4 is 16.0 Å². The van der Waals surface area contributed by atoms with E-state index in [1.165, 1.54) is 28.6 Å². The highest BCUT2D eigenvalue weighted by atomic mass is 32.2. The Bertz CT molecular complexity index is 981. The number of benzene rings is 2. The minimum atomic E-state index is -0.515. The summed E-state index contributed by atoms with van der Waals surface area (Å²) in [5, 5.41) is 3.60. The Morgan fingerprint density at radius 1 is 1.30 bits per heavy atom. The number of anilines is 2. The van der Waals surface area contributed by atoms with Crippen molar-refractivity contribution in [3.8, 4) is 0 Å². The van der Waals surface area contributed by atoms with Crippen LogP contribution in [0.5, 0.6) is 0 Å². The molecule has 0 radical (unpaired) electrons. The average molecular weight is 426 g/mol. The fourth-order valence-corrected chi connectivity index (χ4v) is 6.76. The number of carbonyl (C=O) groups is 1. The number of thioether (sulfide) groups is 1. The molecular formula is C24H28FN3OS. The van der Waals surface area contributed by atoms with Crippen molar-refractivity contribution in [1.29, 1.82) is 0 Å². The SMILES string of the molecule is Nc1c(F)cccc1C(=O)CCC[C@]12CCNC[C@H]1c1cccc3c1N2CCCS3. The number of halogens is 1. The smallest absolute Gasteiger partial charge is 0.165 e. The van der Waals surface area contributed by atoms with Gasteiger partial charge in [0.15, 0.2) is 5.78 Å². The zero-order chi connectivity index (χ0) is 20.7. The lowest BCUT2D eigenvalue weighted by Crippen LogP contribution is -2.56. The molecule has 3 aliphatic rings. The van der Waals surface area contributed by atoms with Crippen molar-refractivity contribution in [2.75, 3.05) is 36.0 Å². The maximum atomic E-state index is 13.8. The number of hydrogen-bond acceptors (Lipinski definition) is 5. The van der Waals surface area contributed by atoms with Crippen LogP contribution >= 0.6 is 11.8 Å². The highest BCUT2D eigenvalue weighted by Gasteiger charge is 2.52. The zero-order valence-electron chi connectivity index (χ0n) is 17.1. The molecule has 158 valence electrons. The lowest BCUT2D eigenvalue weighted by atomic mass is 9.73. The summed E-state index contributed by atoms with van der Waals surface area (Å²) in [5.41, 5.74) is 9.08. The van der Waals surface area contributed by atoms with Crippen LogP contribution in [-0.4, -0.2) is 36.7 Å². The van der Waals surface area contributed by atoms with E-state index in [1.807, 2.05) is 11.8 Å². The van der Waals surface area contributed by atoms with Crippen LogP contribution in [0.25, 0.3) is 0 Å². The predicted octanol–water partition coefficient (Wildman–Crippen LogP) is 4.59. The second kappa shape index (κ2) is 7.89. The molecule has 3 N–H and O–H groups in total. The summed E-state index contributed by atoms with van der Waals surface area (Å²) in [6.07, 6.45) is 4.44. The first-order valence-electron chi connectivity index (χ1n) is 10.9. The number of para-hydroxylation sites is 2. The Labute approximate surface area is 181 Å². The van der Waals surface area contributed by atoms with Crippen LogP contribution in [0.2, 0.25) is 0 Å². The molecule has 30 heavy (non-hydrogen) atoms. The Hall–Kier alpha value is -2.05. The average Bonchev–Trinajstić information content (AvgIpc) is 2.87. The molecule has 2 atom stereocenters. The highest BCUT2D eigenvalue weighted by molar-refractivity contribution is 7.99. The van der Waals surface area contributed by atoms with Gasteiger partial charge in [-0.3, -0.25) is 4.79 Å². The second-order valence-electron chi connectivity index (χ2n) is 8.64. The molecule has 2 aromatic rings. The van der Waals surface area contributed by atoms with E-state index < -0.39 is 5.82 Å². The van der Waals surface area contributed by atoms with Crippen molar-refractivity contribution in [2.24, 2.45) is 0 Å². The molecule has 3 aliphatic heterocycles. The summed E-state index contributed by atoms with van der Waals surface area (Å²) in [4.78, 5) is 16.9. The summed E-state index contributed by atoms with van der Waals surface area (Å²) in [6, 6.07) is 11.3. The molecule has 0 bridgehead atoms. The van der Waals surface area contributed by atoms with E-state index in [0.717, 1.165) is 44.6 Å². The van der Waals surface area contributed by atoms with E-state index in [9.17, 15) is 9.18 Å². The number of nitrogen functional groups attached to an aromatic ring is 1. The first-order chi connectivity index (χ1) is 14.6. The summed E-state index contributed by atoms with van der Waals surface area (Å²) in [7, 11) is 0. The molecule has 2 aromatic carbocycles. The third kappa shape index (κ3) is 3.12. The number of fused-ring (bicyclic) bond motifs is 3. The molecule has 0 aliphatic carbocycles. The van der Waals surface area contributed by atoms with E-state index in [1.54, 1.807) is 12.1 Å².